The van der Waals surface area contributed by atoms with Gasteiger partial charge in [-0.15, -0.1) is 0 Å². The quantitative estimate of drug-likeness (QED) is 0.413. The van der Waals surface area contributed by atoms with Crippen molar-refractivity contribution in [3.8, 4) is 0 Å². The van der Waals surface area contributed by atoms with E-state index in [1.165, 1.54) is 13.2 Å². The van der Waals surface area contributed by atoms with Gasteiger partial charge in [-0.25, -0.2) is 0 Å². The molecule has 168 valence electrons. The fourth-order valence-corrected chi connectivity index (χ4v) is 3.35. The lowest BCUT2D eigenvalue weighted by molar-refractivity contribution is -0.149. The molecule has 5 N–H and O–H groups in total. The van der Waals surface area contributed by atoms with Gasteiger partial charge in [0.05, 0.1) is 17.4 Å². The maximum absolute atomic E-state index is 12.8. The van der Waals surface area contributed by atoms with Crippen LogP contribution in [0.5, 0.6) is 0 Å². The molecular formula is C22H35N3O5. The number of allylic oxidation sites excluding steroid dienone is 1. The first-order valence-electron chi connectivity index (χ1n) is 10.1. The number of fused-ring (bicyclic) bond motifs is 1. The molecule has 0 radical (unpaired) electrons. The molecule has 1 aromatic rings. The minimum atomic E-state index is -1.59. The molecule has 1 aromatic carbocycles. The summed E-state index contributed by atoms with van der Waals surface area (Å²) in [5.41, 5.74) is 1.81. The second kappa shape index (κ2) is 10.3. The smallest absolute Gasteiger partial charge is 0.252 e. The number of likely N-dealkylation sites (N-methyl/N-ethyl adjacent to an activating group) is 1. The van der Waals surface area contributed by atoms with E-state index in [9.17, 15) is 20.1 Å². The number of hydrogen-bond acceptors (Lipinski definition) is 7. The van der Waals surface area contributed by atoms with Gasteiger partial charge in [0.15, 0.2) is 6.10 Å². The average Bonchev–Trinajstić information content (AvgIpc) is 2.84. The molecule has 0 spiro atoms. The number of anilines is 2. The van der Waals surface area contributed by atoms with Crippen LogP contribution in [0.15, 0.2) is 36.4 Å². The van der Waals surface area contributed by atoms with Crippen molar-refractivity contribution in [1.29, 1.82) is 0 Å². The van der Waals surface area contributed by atoms with Crippen molar-refractivity contribution < 1.29 is 24.9 Å². The van der Waals surface area contributed by atoms with Crippen LogP contribution in [0.1, 0.15) is 20.8 Å². The zero-order chi connectivity index (χ0) is 22.5. The summed E-state index contributed by atoms with van der Waals surface area (Å²) < 4.78 is 5.16. The van der Waals surface area contributed by atoms with Crippen molar-refractivity contribution >= 4 is 17.3 Å². The lowest BCUT2D eigenvalue weighted by Gasteiger charge is -2.29. The van der Waals surface area contributed by atoms with Crippen molar-refractivity contribution in [1.82, 2.24) is 5.32 Å². The van der Waals surface area contributed by atoms with Gasteiger partial charge in [0.2, 0.25) is 0 Å². The van der Waals surface area contributed by atoms with E-state index in [-0.39, 0.29) is 11.5 Å². The lowest BCUT2D eigenvalue weighted by atomic mass is 9.94. The molecule has 1 aliphatic heterocycles. The van der Waals surface area contributed by atoms with Crippen LogP contribution in [0.25, 0.3) is 0 Å². The molecule has 2 rings (SSSR count). The highest BCUT2D eigenvalue weighted by Crippen LogP contribution is 2.26. The van der Waals surface area contributed by atoms with Crippen LogP contribution >= 0.6 is 0 Å². The zero-order valence-electron chi connectivity index (χ0n) is 18.4. The minimum Gasteiger partial charge on any atom is -0.387 e. The largest absolute Gasteiger partial charge is 0.387 e. The highest BCUT2D eigenvalue weighted by atomic mass is 16.5. The van der Waals surface area contributed by atoms with Crippen molar-refractivity contribution in [2.24, 2.45) is 5.41 Å². The Hall–Kier alpha value is -2.13. The second-order valence-electron chi connectivity index (χ2n) is 8.84. The van der Waals surface area contributed by atoms with Crippen LogP contribution in [0, 0.1) is 5.41 Å². The summed E-state index contributed by atoms with van der Waals surface area (Å²) in [5.74, 6) is -0.554. The van der Waals surface area contributed by atoms with E-state index in [0.29, 0.717) is 13.1 Å². The number of aliphatic hydroxyl groups is 3. The Morgan fingerprint density at radius 1 is 1.27 bits per heavy atom. The van der Waals surface area contributed by atoms with Gasteiger partial charge in [-0.1, -0.05) is 45.1 Å². The molecule has 0 saturated carbocycles. The molecule has 0 saturated heterocycles. The zero-order valence-corrected chi connectivity index (χ0v) is 18.4. The second-order valence-corrected chi connectivity index (χ2v) is 8.84. The van der Waals surface area contributed by atoms with Crippen LogP contribution in [-0.2, 0) is 9.53 Å². The number of carbonyl (C=O) groups is 1. The van der Waals surface area contributed by atoms with Crippen molar-refractivity contribution in [3.05, 3.63) is 36.4 Å². The molecule has 1 heterocycles. The highest BCUT2D eigenvalue weighted by molar-refractivity contribution is 5.82. The number of hydrogen-bond donors (Lipinski definition) is 5. The van der Waals surface area contributed by atoms with E-state index < -0.39 is 30.3 Å². The number of carbonyl (C=O) groups excluding carboxylic acids is 1. The van der Waals surface area contributed by atoms with Crippen molar-refractivity contribution in [2.45, 2.75) is 51.2 Å². The number of ether oxygens (including phenoxy) is 1. The first kappa shape index (κ1) is 24.1. The Kier molecular flexibility index (Phi) is 8.25. The van der Waals surface area contributed by atoms with Gasteiger partial charge in [0.1, 0.15) is 18.3 Å². The van der Waals surface area contributed by atoms with E-state index in [2.05, 4.69) is 10.6 Å². The van der Waals surface area contributed by atoms with Gasteiger partial charge in [0.25, 0.3) is 5.91 Å². The summed E-state index contributed by atoms with van der Waals surface area (Å²) in [6.45, 7) is 6.89. The van der Waals surface area contributed by atoms with Crippen LogP contribution in [0.2, 0.25) is 0 Å². The van der Waals surface area contributed by atoms with E-state index >= 15 is 0 Å². The van der Waals surface area contributed by atoms with Gasteiger partial charge in [-0.05, 0) is 17.5 Å². The molecule has 1 aliphatic rings. The number of para-hydroxylation sites is 2. The molecule has 8 nitrogen and oxygen atoms in total. The summed E-state index contributed by atoms with van der Waals surface area (Å²) in [5, 5.41) is 37.1. The monoisotopic (exact) mass is 421 g/mol. The number of nitrogens with one attached hydrogen (secondary N) is 2. The molecular weight excluding hydrogens is 386 g/mol. The third kappa shape index (κ3) is 6.43. The van der Waals surface area contributed by atoms with E-state index in [1.54, 1.807) is 6.08 Å². The van der Waals surface area contributed by atoms with Crippen LogP contribution in [-0.4, -0.2) is 78.9 Å². The molecule has 0 aliphatic carbocycles. The summed E-state index contributed by atoms with van der Waals surface area (Å²) in [4.78, 5) is 14.8. The first-order chi connectivity index (χ1) is 14.0. The SMILES string of the molecule is CO[C@@H](C(=O)N[C@@H]1CNc2ccccc2N(C)C1)[C@H](O)[C@@H](O)[C@H](O)/C=C/C(C)(C)C. The van der Waals surface area contributed by atoms with Crippen molar-refractivity contribution in [2.75, 3.05) is 37.5 Å². The Morgan fingerprint density at radius 3 is 2.57 bits per heavy atom. The lowest BCUT2D eigenvalue weighted by Crippen LogP contribution is -2.55. The normalized spacial score (nSPS) is 21.2. The predicted octanol–water partition coefficient (Wildman–Crippen LogP) is 0.733. The first-order valence-corrected chi connectivity index (χ1v) is 10.1. The Morgan fingerprint density at radius 2 is 1.93 bits per heavy atom. The molecule has 5 atom stereocenters. The molecule has 0 unspecified atom stereocenters. The van der Waals surface area contributed by atoms with E-state index in [1.807, 2.05) is 57.0 Å². The number of aliphatic hydroxyl groups excluding tert-OH is 3. The number of methoxy groups -OCH3 is 1. The van der Waals surface area contributed by atoms with Gasteiger partial charge in [-0.3, -0.25) is 4.79 Å². The summed E-state index contributed by atoms with van der Waals surface area (Å²) >= 11 is 0. The van der Waals surface area contributed by atoms with Crippen LogP contribution < -0.4 is 15.5 Å². The van der Waals surface area contributed by atoms with E-state index in [4.69, 9.17) is 4.74 Å². The number of amides is 1. The van der Waals surface area contributed by atoms with Gasteiger partial charge in [-0.2, -0.15) is 0 Å². The van der Waals surface area contributed by atoms with Gasteiger partial charge < -0.3 is 35.6 Å². The topological polar surface area (TPSA) is 114 Å². The third-order valence-electron chi connectivity index (χ3n) is 5.01. The Bertz CT molecular complexity index is 734. The molecule has 1 amide bonds. The number of benzene rings is 1. The molecule has 0 aromatic heterocycles. The Balaban J connectivity index is 2.01. The average molecular weight is 422 g/mol. The molecule has 8 heteroatoms. The van der Waals surface area contributed by atoms with Gasteiger partial charge >= 0.3 is 0 Å². The fraction of sp³-hybridized carbons (Fsp3) is 0.591. The molecule has 30 heavy (non-hydrogen) atoms. The summed E-state index contributed by atoms with van der Waals surface area (Å²) in [6, 6.07) is 7.62. The van der Waals surface area contributed by atoms with Crippen molar-refractivity contribution in [3.63, 3.8) is 0 Å². The molecule has 0 fully saturated rings. The summed E-state index contributed by atoms with van der Waals surface area (Å²) in [6.07, 6.45) is -2.67. The minimum absolute atomic E-state index is 0.195. The maximum atomic E-state index is 12.8. The third-order valence-corrected chi connectivity index (χ3v) is 5.01. The van der Waals surface area contributed by atoms with Crippen LogP contribution in [0.3, 0.4) is 0 Å². The maximum Gasteiger partial charge on any atom is 0.252 e. The number of nitrogens with zero attached hydrogens (tertiary/aromatic N) is 1. The van der Waals surface area contributed by atoms with E-state index in [0.717, 1.165) is 11.4 Å². The number of rotatable bonds is 7. The standard InChI is InChI=1S/C22H35N3O5/c1-22(2,3)11-10-17(26)18(27)19(28)20(30-5)21(29)24-14-12-23-15-8-6-7-9-16(15)25(4)13-14/h6-11,14,17-20,23,26-28H,12-13H2,1-5H3,(H,24,29)/b11-10+/t14-,17-,18+,19-,20-/m1/s1. The fourth-order valence-electron chi connectivity index (χ4n) is 3.35. The molecule has 0 bridgehead atoms. The predicted molar refractivity (Wildman–Crippen MR) is 118 cm³/mol. The summed E-state index contributed by atoms with van der Waals surface area (Å²) in [7, 11) is 3.22. The van der Waals surface area contributed by atoms with Crippen LogP contribution in [0.4, 0.5) is 11.4 Å². The van der Waals surface area contributed by atoms with Gasteiger partial charge in [0, 0.05) is 27.2 Å². The Labute approximate surface area is 178 Å². The highest BCUT2D eigenvalue weighted by Gasteiger charge is 2.36.